The van der Waals surface area contributed by atoms with Crippen molar-refractivity contribution in [2.75, 3.05) is 33.3 Å². The van der Waals surface area contributed by atoms with Crippen molar-refractivity contribution < 1.29 is 28.5 Å². The fourth-order valence-corrected chi connectivity index (χ4v) is 4.16. The molecule has 1 N–H and O–H groups in total. The molecule has 0 saturated carbocycles. The van der Waals surface area contributed by atoms with Crippen LogP contribution >= 0.6 is 11.3 Å². The molecule has 0 aliphatic carbocycles. The number of anilines is 1. The summed E-state index contributed by atoms with van der Waals surface area (Å²) in [6, 6.07) is 12.7. The zero-order valence-corrected chi connectivity index (χ0v) is 19.7. The maximum Gasteiger partial charge on any atom is 0.341 e. The summed E-state index contributed by atoms with van der Waals surface area (Å²) < 4.78 is 21.2. The van der Waals surface area contributed by atoms with E-state index in [1.807, 2.05) is 30.3 Å². The smallest absolute Gasteiger partial charge is 0.341 e. The van der Waals surface area contributed by atoms with E-state index < -0.39 is 5.97 Å². The van der Waals surface area contributed by atoms with E-state index in [4.69, 9.17) is 18.9 Å². The van der Waals surface area contributed by atoms with Gasteiger partial charge in [-0.15, -0.1) is 11.3 Å². The minimum absolute atomic E-state index is 0.209. The van der Waals surface area contributed by atoms with Crippen molar-refractivity contribution in [2.24, 2.45) is 0 Å². The number of rotatable bonds is 9. The number of carbonyl (C=O) groups excluding carboxylic acids is 2. The lowest BCUT2D eigenvalue weighted by Crippen LogP contribution is -2.12. The molecule has 8 heteroatoms. The Bertz CT molecular complexity index is 1170. The molecule has 1 aromatic heterocycles. The van der Waals surface area contributed by atoms with E-state index in [-0.39, 0.29) is 18.1 Å². The number of nitrogens with one attached hydrogen (secondary N) is 1. The molecule has 1 amide bonds. The van der Waals surface area contributed by atoms with Crippen molar-refractivity contribution in [3.05, 3.63) is 65.0 Å². The second kappa shape index (κ2) is 11.2. The van der Waals surface area contributed by atoms with E-state index in [9.17, 15) is 9.59 Å². The van der Waals surface area contributed by atoms with Crippen LogP contribution in [0.4, 0.5) is 5.00 Å². The molecular weight excluding hydrogens is 442 g/mol. The quantitative estimate of drug-likeness (QED) is 0.341. The lowest BCUT2D eigenvalue weighted by molar-refractivity contribution is -0.111. The van der Waals surface area contributed by atoms with Gasteiger partial charge in [0.2, 0.25) is 5.91 Å². The van der Waals surface area contributed by atoms with Crippen LogP contribution in [0, 0.1) is 0 Å². The van der Waals surface area contributed by atoms with Crippen LogP contribution in [0.2, 0.25) is 0 Å². The molecule has 172 valence electrons. The molecule has 1 heterocycles. The van der Waals surface area contributed by atoms with Gasteiger partial charge in [0.25, 0.3) is 0 Å². The maximum atomic E-state index is 12.8. The normalized spacial score (nSPS) is 10.7. The van der Waals surface area contributed by atoms with Crippen LogP contribution in [0.1, 0.15) is 22.8 Å². The van der Waals surface area contributed by atoms with E-state index in [0.717, 1.165) is 11.1 Å². The molecule has 0 aliphatic heterocycles. The van der Waals surface area contributed by atoms with Crippen LogP contribution in [-0.4, -0.2) is 39.8 Å². The van der Waals surface area contributed by atoms with Gasteiger partial charge in [-0.2, -0.15) is 0 Å². The average molecular weight is 468 g/mol. The highest BCUT2D eigenvalue weighted by molar-refractivity contribution is 7.15. The van der Waals surface area contributed by atoms with Crippen molar-refractivity contribution in [1.29, 1.82) is 0 Å². The van der Waals surface area contributed by atoms with Crippen LogP contribution < -0.4 is 19.5 Å². The predicted octanol–water partition coefficient (Wildman–Crippen LogP) is 5.27. The van der Waals surface area contributed by atoms with Gasteiger partial charge >= 0.3 is 5.97 Å². The molecular formula is C25H25NO6S. The molecule has 0 radical (unpaired) electrons. The van der Waals surface area contributed by atoms with Crippen molar-refractivity contribution in [3.63, 3.8) is 0 Å². The molecule has 7 nitrogen and oxygen atoms in total. The fraction of sp³-hybridized carbons (Fsp3) is 0.200. The number of thiophene rings is 1. The van der Waals surface area contributed by atoms with Gasteiger partial charge in [-0.3, -0.25) is 4.79 Å². The van der Waals surface area contributed by atoms with Crippen molar-refractivity contribution >= 4 is 34.3 Å². The number of carbonyl (C=O) groups is 2. The van der Waals surface area contributed by atoms with E-state index in [2.05, 4.69) is 5.32 Å². The summed E-state index contributed by atoms with van der Waals surface area (Å²) in [5.41, 5.74) is 2.41. The third-order valence-corrected chi connectivity index (χ3v) is 5.65. The van der Waals surface area contributed by atoms with Gasteiger partial charge in [-0.05, 0) is 36.8 Å². The second-order valence-corrected chi connectivity index (χ2v) is 7.59. The Labute approximate surface area is 196 Å². The molecule has 0 fully saturated rings. The van der Waals surface area contributed by atoms with Gasteiger partial charge in [-0.25, -0.2) is 4.79 Å². The van der Waals surface area contributed by atoms with E-state index in [1.165, 1.54) is 17.4 Å². The first kappa shape index (κ1) is 23.9. The summed E-state index contributed by atoms with van der Waals surface area (Å²) >= 11 is 1.24. The van der Waals surface area contributed by atoms with Crippen LogP contribution in [0.25, 0.3) is 17.2 Å². The lowest BCUT2D eigenvalue weighted by atomic mass is 10.0. The first-order chi connectivity index (χ1) is 16.0. The molecule has 0 saturated heterocycles. The minimum atomic E-state index is -0.521. The number of ether oxygens (including phenoxy) is 4. The molecule has 0 unspecified atom stereocenters. The Morgan fingerprint density at radius 1 is 0.970 bits per heavy atom. The summed E-state index contributed by atoms with van der Waals surface area (Å²) in [5.74, 6) is 0.853. The van der Waals surface area contributed by atoms with E-state index >= 15 is 0 Å². The SMILES string of the molecule is CCOC(=O)c1c(-c2ccc(OC)c(OC)c2)csc1NC(=O)C=Cc1ccccc1OC. The van der Waals surface area contributed by atoms with Crippen LogP contribution in [0.15, 0.2) is 53.9 Å². The Morgan fingerprint density at radius 3 is 2.39 bits per heavy atom. The van der Waals surface area contributed by atoms with Crippen LogP contribution in [0.5, 0.6) is 17.2 Å². The predicted molar refractivity (Wildman–Crippen MR) is 129 cm³/mol. The van der Waals surface area contributed by atoms with Crippen molar-refractivity contribution in [2.45, 2.75) is 6.92 Å². The highest BCUT2D eigenvalue weighted by Gasteiger charge is 2.23. The second-order valence-electron chi connectivity index (χ2n) is 6.71. The van der Waals surface area contributed by atoms with Gasteiger partial charge < -0.3 is 24.3 Å². The third-order valence-electron chi connectivity index (χ3n) is 4.76. The zero-order valence-electron chi connectivity index (χ0n) is 18.8. The van der Waals surface area contributed by atoms with E-state index in [1.54, 1.807) is 51.8 Å². The van der Waals surface area contributed by atoms with Crippen molar-refractivity contribution in [3.8, 4) is 28.4 Å². The molecule has 33 heavy (non-hydrogen) atoms. The van der Waals surface area contributed by atoms with Gasteiger partial charge in [0, 0.05) is 22.6 Å². The highest BCUT2D eigenvalue weighted by Crippen LogP contribution is 2.39. The number of esters is 1. The fourth-order valence-electron chi connectivity index (χ4n) is 3.20. The zero-order chi connectivity index (χ0) is 23.8. The molecule has 0 aliphatic rings. The van der Waals surface area contributed by atoms with E-state index in [0.29, 0.717) is 27.8 Å². The summed E-state index contributed by atoms with van der Waals surface area (Å²) in [6.45, 7) is 1.94. The number of hydrogen-bond acceptors (Lipinski definition) is 7. The molecule has 3 rings (SSSR count). The summed E-state index contributed by atoms with van der Waals surface area (Å²) in [6.07, 6.45) is 3.05. The standard InChI is InChI=1S/C25H25NO6S/c1-5-32-25(28)23-18(17-10-12-20(30-3)21(14-17)31-4)15-33-24(23)26-22(27)13-11-16-8-6-7-9-19(16)29-2/h6-15H,5H2,1-4H3,(H,26,27). The molecule has 2 aromatic carbocycles. The van der Waals surface area contributed by atoms with Gasteiger partial charge in [0.05, 0.1) is 27.9 Å². The Hall–Kier alpha value is -3.78. The topological polar surface area (TPSA) is 83.1 Å². The van der Waals surface area contributed by atoms with Gasteiger partial charge in [0.1, 0.15) is 16.3 Å². The Morgan fingerprint density at radius 2 is 1.70 bits per heavy atom. The molecule has 0 atom stereocenters. The average Bonchev–Trinajstić information content (AvgIpc) is 3.26. The monoisotopic (exact) mass is 467 g/mol. The number of para-hydroxylation sites is 1. The Kier molecular flexibility index (Phi) is 8.10. The van der Waals surface area contributed by atoms with Crippen LogP contribution in [-0.2, 0) is 9.53 Å². The molecule has 3 aromatic rings. The Balaban J connectivity index is 1.93. The van der Waals surface area contributed by atoms with Crippen LogP contribution in [0.3, 0.4) is 0 Å². The minimum Gasteiger partial charge on any atom is -0.496 e. The van der Waals surface area contributed by atoms with Gasteiger partial charge in [0.15, 0.2) is 11.5 Å². The largest absolute Gasteiger partial charge is 0.496 e. The number of benzene rings is 2. The summed E-state index contributed by atoms with van der Waals surface area (Å²) in [4.78, 5) is 25.4. The van der Waals surface area contributed by atoms with Gasteiger partial charge in [-0.1, -0.05) is 24.3 Å². The molecule has 0 spiro atoms. The lowest BCUT2D eigenvalue weighted by Gasteiger charge is -2.11. The van der Waals surface area contributed by atoms with Crippen molar-refractivity contribution in [1.82, 2.24) is 0 Å². The highest BCUT2D eigenvalue weighted by atomic mass is 32.1. The summed E-state index contributed by atoms with van der Waals surface area (Å²) in [5, 5.41) is 4.99. The third kappa shape index (κ3) is 5.53. The first-order valence-corrected chi connectivity index (χ1v) is 11.0. The summed E-state index contributed by atoms with van der Waals surface area (Å²) in [7, 11) is 4.67. The maximum absolute atomic E-state index is 12.8. The number of amides is 1. The number of hydrogen-bond donors (Lipinski definition) is 1. The first-order valence-electron chi connectivity index (χ1n) is 10.1. The molecule has 0 bridgehead atoms. The number of methoxy groups -OCH3 is 3.